The molecule has 0 bridgehead atoms. The highest BCUT2D eigenvalue weighted by molar-refractivity contribution is 7.07. The van der Waals surface area contributed by atoms with E-state index in [1.807, 2.05) is 12.3 Å². The van der Waals surface area contributed by atoms with Crippen molar-refractivity contribution in [2.45, 2.75) is 32.2 Å². The smallest absolute Gasteiger partial charge is 0.315 e. The van der Waals surface area contributed by atoms with Crippen molar-refractivity contribution in [2.24, 2.45) is 0 Å². The van der Waals surface area contributed by atoms with Gasteiger partial charge in [-0.25, -0.2) is 4.79 Å². The third kappa shape index (κ3) is 6.28. The molecule has 1 heterocycles. The molecular formula is C12H20N2O2S. The standard InChI is InChI=1S/C12H20N2O2S/c1-10(3-2-7-15)14-12(16)13-6-4-11-5-8-17-9-11/h5,8-10,15H,2-4,6-7H2,1H3,(H2,13,14,16). The molecule has 5 heteroatoms. The number of carbonyl (C=O) groups excluding carboxylic acids is 1. The molecule has 0 saturated carbocycles. The Bertz CT molecular complexity index is 314. The first-order valence-electron chi connectivity index (χ1n) is 5.88. The number of rotatable bonds is 7. The topological polar surface area (TPSA) is 61.4 Å². The summed E-state index contributed by atoms with van der Waals surface area (Å²) in [7, 11) is 0. The van der Waals surface area contributed by atoms with Gasteiger partial charge in [-0.05, 0) is 48.6 Å². The zero-order valence-electron chi connectivity index (χ0n) is 10.1. The van der Waals surface area contributed by atoms with E-state index in [-0.39, 0.29) is 18.7 Å². The fourth-order valence-electron chi connectivity index (χ4n) is 1.50. The summed E-state index contributed by atoms with van der Waals surface area (Å²) >= 11 is 1.67. The molecule has 1 atom stereocenters. The Morgan fingerprint density at radius 1 is 1.59 bits per heavy atom. The quantitative estimate of drug-likeness (QED) is 0.696. The van der Waals surface area contributed by atoms with Crippen LogP contribution in [0, 0.1) is 0 Å². The summed E-state index contributed by atoms with van der Waals surface area (Å²) in [5, 5.41) is 18.4. The first kappa shape index (κ1) is 14.0. The van der Waals surface area contributed by atoms with E-state index in [0.29, 0.717) is 6.54 Å². The molecule has 0 aliphatic rings. The summed E-state index contributed by atoms with van der Waals surface area (Å²) in [4.78, 5) is 11.5. The van der Waals surface area contributed by atoms with E-state index in [0.717, 1.165) is 19.3 Å². The molecule has 1 unspecified atom stereocenters. The summed E-state index contributed by atoms with van der Waals surface area (Å²) in [6.07, 6.45) is 2.38. The number of nitrogens with one attached hydrogen (secondary N) is 2. The number of aliphatic hydroxyl groups is 1. The Labute approximate surface area is 106 Å². The van der Waals surface area contributed by atoms with Gasteiger partial charge in [-0.1, -0.05) is 0 Å². The predicted octanol–water partition coefficient (Wildman–Crippen LogP) is 1.75. The third-order valence-electron chi connectivity index (χ3n) is 2.45. The molecule has 1 rings (SSSR count). The molecule has 0 aromatic carbocycles. The number of urea groups is 1. The number of aliphatic hydroxyl groups excluding tert-OH is 1. The molecule has 0 aliphatic carbocycles. The Hall–Kier alpha value is -1.07. The number of amides is 2. The van der Waals surface area contributed by atoms with Gasteiger partial charge in [0, 0.05) is 19.2 Å². The van der Waals surface area contributed by atoms with E-state index in [1.54, 1.807) is 11.3 Å². The lowest BCUT2D eigenvalue weighted by molar-refractivity contribution is 0.234. The van der Waals surface area contributed by atoms with Crippen LogP contribution in [0.15, 0.2) is 16.8 Å². The Kier molecular flexibility index (Phi) is 6.65. The molecule has 1 aromatic rings. The van der Waals surface area contributed by atoms with Crippen molar-refractivity contribution >= 4 is 17.4 Å². The molecule has 17 heavy (non-hydrogen) atoms. The summed E-state index contributed by atoms with van der Waals surface area (Å²) < 4.78 is 0. The number of hydrogen-bond acceptors (Lipinski definition) is 3. The SMILES string of the molecule is CC(CCCO)NC(=O)NCCc1ccsc1. The Morgan fingerprint density at radius 3 is 3.06 bits per heavy atom. The molecule has 96 valence electrons. The monoisotopic (exact) mass is 256 g/mol. The minimum Gasteiger partial charge on any atom is -0.396 e. The van der Waals surface area contributed by atoms with Crippen LogP contribution in [0.5, 0.6) is 0 Å². The van der Waals surface area contributed by atoms with Gasteiger partial charge in [0.05, 0.1) is 0 Å². The van der Waals surface area contributed by atoms with Crippen molar-refractivity contribution in [3.63, 3.8) is 0 Å². The molecule has 0 spiro atoms. The van der Waals surface area contributed by atoms with Crippen LogP contribution in [-0.2, 0) is 6.42 Å². The van der Waals surface area contributed by atoms with Crippen molar-refractivity contribution in [1.29, 1.82) is 0 Å². The molecule has 0 saturated heterocycles. The van der Waals surface area contributed by atoms with Crippen LogP contribution in [0.25, 0.3) is 0 Å². The van der Waals surface area contributed by atoms with Gasteiger partial charge in [-0.3, -0.25) is 0 Å². The van der Waals surface area contributed by atoms with Crippen molar-refractivity contribution in [1.82, 2.24) is 10.6 Å². The normalized spacial score (nSPS) is 12.1. The van der Waals surface area contributed by atoms with E-state index in [4.69, 9.17) is 5.11 Å². The second kappa shape index (κ2) is 8.08. The second-order valence-electron chi connectivity index (χ2n) is 4.05. The van der Waals surface area contributed by atoms with Crippen LogP contribution in [0.3, 0.4) is 0 Å². The first-order valence-corrected chi connectivity index (χ1v) is 6.83. The van der Waals surface area contributed by atoms with Crippen LogP contribution in [-0.4, -0.2) is 30.3 Å². The van der Waals surface area contributed by atoms with E-state index >= 15 is 0 Å². The molecular weight excluding hydrogens is 236 g/mol. The lowest BCUT2D eigenvalue weighted by Gasteiger charge is -2.13. The molecule has 2 amide bonds. The van der Waals surface area contributed by atoms with Crippen molar-refractivity contribution < 1.29 is 9.90 Å². The van der Waals surface area contributed by atoms with Crippen molar-refractivity contribution in [2.75, 3.05) is 13.2 Å². The van der Waals surface area contributed by atoms with Crippen LogP contribution in [0.4, 0.5) is 4.79 Å². The first-order chi connectivity index (χ1) is 8.22. The number of hydrogen-bond donors (Lipinski definition) is 3. The van der Waals surface area contributed by atoms with Crippen LogP contribution in [0.2, 0.25) is 0 Å². The summed E-state index contributed by atoms with van der Waals surface area (Å²) in [5.41, 5.74) is 1.25. The van der Waals surface area contributed by atoms with Crippen molar-refractivity contribution in [3.05, 3.63) is 22.4 Å². The van der Waals surface area contributed by atoms with Gasteiger partial charge >= 0.3 is 6.03 Å². The average Bonchev–Trinajstić information content (AvgIpc) is 2.79. The molecule has 0 aliphatic heterocycles. The van der Waals surface area contributed by atoms with Gasteiger partial charge in [-0.2, -0.15) is 11.3 Å². The maximum Gasteiger partial charge on any atom is 0.315 e. The van der Waals surface area contributed by atoms with Gasteiger partial charge in [0.25, 0.3) is 0 Å². The highest BCUT2D eigenvalue weighted by Crippen LogP contribution is 2.05. The van der Waals surface area contributed by atoms with E-state index < -0.39 is 0 Å². The predicted molar refractivity (Wildman–Crippen MR) is 70.3 cm³/mol. The van der Waals surface area contributed by atoms with E-state index in [2.05, 4.69) is 22.1 Å². The fourth-order valence-corrected chi connectivity index (χ4v) is 2.20. The summed E-state index contributed by atoms with van der Waals surface area (Å²) in [5.74, 6) is 0. The average molecular weight is 256 g/mol. The van der Waals surface area contributed by atoms with Crippen molar-refractivity contribution in [3.8, 4) is 0 Å². The second-order valence-corrected chi connectivity index (χ2v) is 4.83. The van der Waals surface area contributed by atoms with Crippen LogP contribution in [0.1, 0.15) is 25.3 Å². The molecule has 0 radical (unpaired) electrons. The number of carbonyl (C=O) groups is 1. The van der Waals surface area contributed by atoms with E-state index in [9.17, 15) is 4.79 Å². The zero-order valence-corrected chi connectivity index (χ0v) is 10.9. The highest BCUT2D eigenvalue weighted by atomic mass is 32.1. The molecule has 0 fully saturated rings. The van der Waals surface area contributed by atoms with E-state index in [1.165, 1.54) is 5.56 Å². The Balaban J connectivity index is 2.08. The van der Waals surface area contributed by atoms with Gasteiger partial charge < -0.3 is 15.7 Å². The van der Waals surface area contributed by atoms with Gasteiger partial charge in [0.15, 0.2) is 0 Å². The van der Waals surface area contributed by atoms with Crippen LogP contribution < -0.4 is 10.6 Å². The maximum atomic E-state index is 11.5. The lowest BCUT2D eigenvalue weighted by Crippen LogP contribution is -2.41. The minimum atomic E-state index is -0.134. The fraction of sp³-hybridized carbons (Fsp3) is 0.583. The summed E-state index contributed by atoms with van der Waals surface area (Å²) in [6, 6.07) is 2.03. The van der Waals surface area contributed by atoms with Gasteiger partial charge in [0.2, 0.25) is 0 Å². The third-order valence-corrected chi connectivity index (χ3v) is 3.18. The molecule has 4 nitrogen and oxygen atoms in total. The van der Waals surface area contributed by atoms with Gasteiger partial charge in [0.1, 0.15) is 0 Å². The maximum absolute atomic E-state index is 11.5. The molecule has 3 N–H and O–H groups in total. The minimum absolute atomic E-state index is 0.100. The van der Waals surface area contributed by atoms with Crippen LogP contribution >= 0.6 is 11.3 Å². The summed E-state index contributed by atoms with van der Waals surface area (Å²) in [6.45, 7) is 2.76. The largest absolute Gasteiger partial charge is 0.396 e. The van der Waals surface area contributed by atoms with Gasteiger partial charge in [-0.15, -0.1) is 0 Å². The molecule has 1 aromatic heterocycles. The lowest BCUT2D eigenvalue weighted by atomic mass is 10.2. The zero-order chi connectivity index (χ0) is 12.5. The number of thiophene rings is 1. The highest BCUT2D eigenvalue weighted by Gasteiger charge is 2.05. The Morgan fingerprint density at radius 2 is 2.41 bits per heavy atom.